The van der Waals surface area contributed by atoms with Crippen LogP contribution in [-0.2, 0) is 4.79 Å². The smallest absolute Gasteiger partial charge is 0.241 e. The molecule has 0 bridgehead atoms. The first-order valence-corrected chi connectivity index (χ1v) is 10.6. The van der Waals surface area contributed by atoms with Gasteiger partial charge in [-0.3, -0.25) is 9.78 Å². The van der Waals surface area contributed by atoms with Crippen molar-refractivity contribution in [2.45, 2.75) is 37.6 Å². The number of rotatable bonds is 7. The predicted octanol–water partition coefficient (Wildman–Crippen LogP) is 3.10. The van der Waals surface area contributed by atoms with Gasteiger partial charge in [-0.15, -0.1) is 0 Å². The summed E-state index contributed by atoms with van der Waals surface area (Å²) in [6.45, 7) is 0.662. The molecule has 4 rings (SSSR count). The Kier molecular flexibility index (Phi) is 6.78. The van der Waals surface area contributed by atoms with Gasteiger partial charge in [0.15, 0.2) is 5.82 Å². The summed E-state index contributed by atoms with van der Waals surface area (Å²) in [6, 6.07) is 10.8. The molecule has 2 aromatic heterocycles. The normalized spacial score (nSPS) is 19.4. The molecule has 1 aliphatic rings. The number of amides is 1. The molecule has 0 unspecified atom stereocenters. The Bertz CT molecular complexity index is 975. The maximum atomic E-state index is 12.4. The Hall–Kier alpha value is -3.39. The van der Waals surface area contributed by atoms with Crippen LogP contribution in [0, 0.1) is 5.92 Å². The molecule has 0 spiro atoms. The first-order valence-electron chi connectivity index (χ1n) is 10.6. The average Bonchev–Trinajstić information content (AvgIpc) is 2.84. The Morgan fingerprint density at radius 3 is 2.58 bits per heavy atom. The first kappa shape index (κ1) is 20.9. The molecule has 31 heavy (non-hydrogen) atoms. The second-order valence-corrected chi connectivity index (χ2v) is 7.87. The second-order valence-electron chi connectivity index (χ2n) is 7.87. The van der Waals surface area contributed by atoms with Crippen molar-refractivity contribution in [2.24, 2.45) is 11.7 Å². The number of nitrogens with zero attached hydrogens (tertiary/aromatic N) is 4. The van der Waals surface area contributed by atoms with Crippen molar-refractivity contribution in [1.29, 1.82) is 0 Å². The van der Waals surface area contributed by atoms with E-state index in [1.807, 2.05) is 36.4 Å². The highest BCUT2D eigenvalue weighted by Crippen LogP contribution is 2.35. The largest absolute Gasteiger partial charge is 0.354 e. The zero-order valence-electron chi connectivity index (χ0n) is 17.3. The van der Waals surface area contributed by atoms with E-state index in [1.54, 1.807) is 24.8 Å². The maximum absolute atomic E-state index is 12.4. The number of benzene rings is 1. The fourth-order valence-corrected chi connectivity index (χ4v) is 3.97. The van der Waals surface area contributed by atoms with Crippen molar-refractivity contribution < 1.29 is 4.79 Å². The van der Waals surface area contributed by atoms with Crippen LogP contribution in [0.5, 0.6) is 0 Å². The molecule has 8 nitrogen and oxygen atoms in total. The number of hydrogen-bond acceptors (Lipinski definition) is 7. The summed E-state index contributed by atoms with van der Waals surface area (Å²) in [6.07, 6.45) is 10.8. The first-order chi connectivity index (χ1) is 15.2. The molecule has 1 amide bonds. The Labute approximate surface area is 181 Å². The number of carbonyl (C=O) groups is 1. The minimum absolute atomic E-state index is 0.121. The van der Waals surface area contributed by atoms with Crippen molar-refractivity contribution in [2.75, 3.05) is 11.9 Å². The summed E-state index contributed by atoms with van der Waals surface area (Å²) < 4.78 is 0. The standard InChI is InChI=1S/C23H27N7O/c24-21(18-4-2-1-3-5-18)22(31)28-14-16-6-8-17(9-7-16)19-10-11-27-23(29-19)30-20-15-25-12-13-26-20/h1-5,10-13,15-17,21H,6-9,14,24H2,(H,28,31)(H,26,27,29,30)/t16?,17?,21-/m1/s1. The van der Waals surface area contributed by atoms with Crippen molar-refractivity contribution in [3.8, 4) is 0 Å². The van der Waals surface area contributed by atoms with E-state index in [1.165, 1.54) is 0 Å². The second kappa shape index (κ2) is 10.1. The van der Waals surface area contributed by atoms with Gasteiger partial charge >= 0.3 is 0 Å². The van der Waals surface area contributed by atoms with Crippen LogP contribution in [0.15, 0.2) is 61.2 Å². The molecule has 1 aliphatic carbocycles. The fraction of sp³-hybridized carbons (Fsp3) is 0.348. The predicted molar refractivity (Wildman–Crippen MR) is 118 cm³/mol. The van der Waals surface area contributed by atoms with Gasteiger partial charge in [0.25, 0.3) is 0 Å². The molecule has 1 aromatic carbocycles. The third-order valence-electron chi connectivity index (χ3n) is 5.75. The lowest BCUT2D eigenvalue weighted by Crippen LogP contribution is -2.37. The molecule has 0 radical (unpaired) electrons. The topological polar surface area (TPSA) is 119 Å². The Morgan fingerprint density at radius 1 is 1.03 bits per heavy atom. The van der Waals surface area contributed by atoms with Crippen LogP contribution in [0.3, 0.4) is 0 Å². The highest BCUT2D eigenvalue weighted by atomic mass is 16.2. The molecule has 160 valence electrons. The highest BCUT2D eigenvalue weighted by molar-refractivity contribution is 5.82. The highest BCUT2D eigenvalue weighted by Gasteiger charge is 2.25. The van der Waals surface area contributed by atoms with E-state index in [0.29, 0.717) is 30.1 Å². The number of anilines is 2. The molecule has 2 heterocycles. The molecule has 8 heteroatoms. The molecular formula is C23H27N7O. The van der Waals surface area contributed by atoms with Gasteiger partial charge in [-0.25, -0.2) is 15.0 Å². The molecule has 4 N–H and O–H groups in total. The van der Waals surface area contributed by atoms with Crippen LogP contribution in [0.4, 0.5) is 11.8 Å². The third-order valence-corrected chi connectivity index (χ3v) is 5.75. The number of carbonyl (C=O) groups excluding carboxylic acids is 1. The minimum atomic E-state index is -0.626. The van der Waals surface area contributed by atoms with E-state index < -0.39 is 6.04 Å². The molecule has 0 aliphatic heterocycles. The summed E-state index contributed by atoms with van der Waals surface area (Å²) in [5.74, 6) is 1.88. The van der Waals surface area contributed by atoms with Crippen molar-refractivity contribution in [3.63, 3.8) is 0 Å². The molecule has 1 fully saturated rings. The summed E-state index contributed by atoms with van der Waals surface area (Å²) in [5.41, 5.74) is 7.95. The SMILES string of the molecule is N[C@@H](C(=O)NCC1CCC(c2ccnc(Nc3cnccn3)n2)CC1)c1ccccc1. The van der Waals surface area contributed by atoms with E-state index in [2.05, 4.69) is 30.6 Å². The van der Waals surface area contributed by atoms with Crippen LogP contribution in [0.25, 0.3) is 0 Å². The van der Waals surface area contributed by atoms with Gasteiger partial charge in [-0.05, 0) is 43.2 Å². The molecule has 1 saturated carbocycles. The van der Waals surface area contributed by atoms with Gasteiger partial charge in [0.1, 0.15) is 6.04 Å². The fourth-order valence-electron chi connectivity index (χ4n) is 3.97. The Balaban J connectivity index is 1.26. The average molecular weight is 418 g/mol. The van der Waals surface area contributed by atoms with Crippen molar-refractivity contribution in [3.05, 3.63) is 72.4 Å². The number of aromatic nitrogens is 4. The zero-order valence-corrected chi connectivity index (χ0v) is 17.3. The van der Waals surface area contributed by atoms with Gasteiger partial charge in [0.2, 0.25) is 11.9 Å². The van der Waals surface area contributed by atoms with Crippen LogP contribution in [0.2, 0.25) is 0 Å². The lowest BCUT2D eigenvalue weighted by molar-refractivity contribution is -0.122. The molecule has 3 aromatic rings. The third kappa shape index (κ3) is 5.61. The van der Waals surface area contributed by atoms with E-state index in [9.17, 15) is 4.79 Å². The van der Waals surface area contributed by atoms with E-state index in [4.69, 9.17) is 5.73 Å². The van der Waals surface area contributed by atoms with Crippen LogP contribution in [-0.4, -0.2) is 32.4 Å². The van der Waals surface area contributed by atoms with Crippen molar-refractivity contribution >= 4 is 17.7 Å². The van der Waals surface area contributed by atoms with Gasteiger partial charge < -0.3 is 16.4 Å². The van der Waals surface area contributed by atoms with Gasteiger partial charge in [0, 0.05) is 36.7 Å². The lowest BCUT2D eigenvalue weighted by Gasteiger charge is -2.28. The zero-order chi connectivity index (χ0) is 21.5. The number of hydrogen-bond donors (Lipinski definition) is 3. The van der Waals surface area contributed by atoms with E-state index >= 15 is 0 Å². The molecule has 0 saturated heterocycles. The summed E-state index contributed by atoms with van der Waals surface area (Å²) in [5, 5.41) is 6.12. The van der Waals surface area contributed by atoms with Crippen LogP contribution < -0.4 is 16.4 Å². The number of nitrogens with one attached hydrogen (secondary N) is 2. The summed E-state index contributed by atoms with van der Waals surface area (Å²) in [4.78, 5) is 29.6. The quantitative estimate of drug-likeness (QED) is 0.540. The lowest BCUT2D eigenvalue weighted by atomic mass is 9.80. The Morgan fingerprint density at radius 2 is 1.84 bits per heavy atom. The minimum Gasteiger partial charge on any atom is -0.354 e. The molecular weight excluding hydrogens is 390 g/mol. The van der Waals surface area contributed by atoms with Gasteiger partial charge in [-0.1, -0.05) is 30.3 Å². The summed E-state index contributed by atoms with van der Waals surface area (Å²) >= 11 is 0. The van der Waals surface area contributed by atoms with Gasteiger partial charge in [0.05, 0.1) is 6.20 Å². The molecule has 1 atom stereocenters. The maximum Gasteiger partial charge on any atom is 0.241 e. The summed E-state index contributed by atoms with van der Waals surface area (Å²) in [7, 11) is 0. The van der Waals surface area contributed by atoms with Crippen LogP contribution >= 0.6 is 0 Å². The monoisotopic (exact) mass is 417 g/mol. The number of nitrogens with two attached hydrogens (primary N) is 1. The van der Waals surface area contributed by atoms with E-state index in [-0.39, 0.29) is 5.91 Å². The van der Waals surface area contributed by atoms with Crippen LogP contribution in [0.1, 0.15) is 48.9 Å². The van der Waals surface area contributed by atoms with Crippen molar-refractivity contribution in [1.82, 2.24) is 25.3 Å². The van der Waals surface area contributed by atoms with Gasteiger partial charge in [-0.2, -0.15) is 0 Å². The van der Waals surface area contributed by atoms with E-state index in [0.717, 1.165) is 36.9 Å².